The minimum atomic E-state index is 0.302. The summed E-state index contributed by atoms with van der Waals surface area (Å²) in [5.74, 6) is 0. The van der Waals surface area contributed by atoms with Crippen molar-refractivity contribution in [1.82, 2.24) is 10.3 Å². The molecule has 4 heteroatoms. The van der Waals surface area contributed by atoms with Gasteiger partial charge in [-0.1, -0.05) is 6.07 Å². The van der Waals surface area contributed by atoms with Crippen molar-refractivity contribution in [3.05, 3.63) is 38.0 Å². The minimum Gasteiger partial charge on any atom is -0.308 e. The van der Waals surface area contributed by atoms with Crippen LogP contribution in [0.4, 0.5) is 0 Å². The zero-order chi connectivity index (χ0) is 10.8. The second-order valence-corrected chi connectivity index (χ2v) is 5.63. The van der Waals surface area contributed by atoms with Gasteiger partial charge in [-0.05, 0) is 32.3 Å². The van der Waals surface area contributed by atoms with Crippen LogP contribution in [0.25, 0.3) is 0 Å². The third kappa shape index (κ3) is 2.12. The van der Waals surface area contributed by atoms with E-state index >= 15 is 0 Å². The maximum Gasteiger partial charge on any atom is 0.0900 e. The molecule has 1 N–H and O–H groups in total. The van der Waals surface area contributed by atoms with Crippen LogP contribution in [0.15, 0.2) is 17.5 Å². The van der Waals surface area contributed by atoms with Gasteiger partial charge in [0.2, 0.25) is 0 Å². The molecular formula is C11H14N2S2. The first-order chi connectivity index (χ1) is 7.22. The van der Waals surface area contributed by atoms with Gasteiger partial charge in [0.15, 0.2) is 0 Å². The van der Waals surface area contributed by atoms with Crippen molar-refractivity contribution in [3.63, 3.8) is 0 Å². The molecule has 0 saturated carbocycles. The molecule has 0 radical (unpaired) electrons. The smallest absolute Gasteiger partial charge is 0.0900 e. The highest BCUT2D eigenvalue weighted by Crippen LogP contribution is 2.31. The number of hydrogen-bond donors (Lipinski definition) is 1. The molecule has 0 aliphatic carbocycles. The van der Waals surface area contributed by atoms with Crippen molar-refractivity contribution >= 4 is 22.7 Å². The highest BCUT2D eigenvalue weighted by atomic mass is 32.1. The topological polar surface area (TPSA) is 24.9 Å². The molecule has 2 nitrogen and oxygen atoms in total. The zero-order valence-corrected chi connectivity index (χ0v) is 10.7. The minimum absolute atomic E-state index is 0.302. The lowest BCUT2D eigenvalue weighted by Crippen LogP contribution is -2.16. The van der Waals surface area contributed by atoms with Gasteiger partial charge >= 0.3 is 0 Å². The Bertz CT molecular complexity index is 431. The Morgan fingerprint density at radius 3 is 2.67 bits per heavy atom. The van der Waals surface area contributed by atoms with Crippen LogP contribution in [-0.4, -0.2) is 12.0 Å². The first-order valence-electron chi connectivity index (χ1n) is 4.87. The Morgan fingerprint density at radius 2 is 2.20 bits per heavy atom. The average molecular weight is 238 g/mol. The molecule has 0 aliphatic rings. The van der Waals surface area contributed by atoms with Crippen LogP contribution < -0.4 is 5.32 Å². The number of aryl methyl sites for hydroxylation is 2. The van der Waals surface area contributed by atoms with Gasteiger partial charge in [-0.2, -0.15) is 0 Å². The second kappa shape index (κ2) is 4.43. The van der Waals surface area contributed by atoms with E-state index in [1.165, 1.54) is 9.75 Å². The number of aromatic nitrogens is 1. The maximum absolute atomic E-state index is 4.47. The molecule has 2 aromatic rings. The van der Waals surface area contributed by atoms with Crippen molar-refractivity contribution < 1.29 is 0 Å². The molecule has 80 valence electrons. The molecule has 0 amide bonds. The number of nitrogens with one attached hydrogen (secondary N) is 1. The van der Waals surface area contributed by atoms with Gasteiger partial charge < -0.3 is 5.32 Å². The summed E-state index contributed by atoms with van der Waals surface area (Å²) in [7, 11) is 2.00. The van der Waals surface area contributed by atoms with E-state index in [1.807, 2.05) is 7.05 Å². The van der Waals surface area contributed by atoms with E-state index in [0.717, 1.165) is 10.7 Å². The molecule has 1 unspecified atom stereocenters. The van der Waals surface area contributed by atoms with Gasteiger partial charge in [-0.25, -0.2) is 4.98 Å². The molecule has 2 aromatic heterocycles. The number of thiazole rings is 1. The normalized spacial score (nSPS) is 13.0. The number of hydrogen-bond acceptors (Lipinski definition) is 4. The van der Waals surface area contributed by atoms with Crippen molar-refractivity contribution in [2.75, 3.05) is 7.05 Å². The van der Waals surface area contributed by atoms with Crippen molar-refractivity contribution in [3.8, 4) is 0 Å². The third-order valence-corrected chi connectivity index (χ3v) is 4.39. The molecule has 2 heterocycles. The largest absolute Gasteiger partial charge is 0.308 e. The number of thiophene rings is 1. The zero-order valence-electron chi connectivity index (χ0n) is 9.07. The van der Waals surface area contributed by atoms with Gasteiger partial charge in [0.1, 0.15) is 0 Å². The van der Waals surface area contributed by atoms with Crippen LogP contribution in [0, 0.1) is 13.8 Å². The lowest BCUT2D eigenvalue weighted by molar-refractivity contribution is 0.710. The first-order valence-corrected chi connectivity index (χ1v) is 6.56. The maximum atomic E-state index is 4.47. The predicted octanol–water partition coefficient (Wildman–Crippen LogP) is 3.13. The van der Waals surface area contributed by atoms with E-state index in [2.05, 4.69) is 41.7 Å². The summed E-state index contributed by atoms with van der Waals surface area (Å²) < 4.78 is 0. The Balaban J connectivity index is 2.39. The van der Waals surface area contributed by atoms with Gasteiger partial charge in [0, 0.05) is 9.75 Å². The molecule has 0 spiro atoms. The molecule has 0 bridgehead atoms. The molecule has 2 rings (SSSR count). The molecule has 0 saturated heterocycles. The van der Waals surface area contributed by atoms with E-state index in [9.17, 15) is 0 Å². The van der Waals surface area contributed by atoms with Gasteiger partial charge in [0.05, 0.1) is 16.7 Å². The predicted molar refractivity (Wildman–Crippen MR) is 66.8 cm³/mol. The van der Waals surface area contributed by atoms with E-state index in [0.29, 0.717) is 6.04 Å². The van der Waals surface area contributed by atoms with Gasteiger partial charge in [-0.15, -0.1) is 22.7 Å². The Morgan fingerprint density at radius 1 is 1.40 bits per heavy atom. The highest BCUT2D eigenvalue weighted by Gasteiger charge is 2.18. The summed E-state index contributed by atoms with van der Waals surface area (Å²) in [5.41, 5.74) is 1.14. The van der Waals surface area contributed by atoms with Crippen LogP contribution in [-0.2, 0) is 0 Å². The summed E-state index contributed by atoms with van der Waals surface area (Å²) >= 11 is 3.56. The second-order valence-electron chi connectivity index (χ2n) is 3.42. The Kier molecular flexibility index (Phi) is 3.19. The summed E-state index contributed by atoms with van der Waals surface area (Å²) in [6, 6.07) is 4.56. The Hall–Kier alpha value is -0.710. The summed E-state index contributed by atoms with van der Waals surface area (Å²) in [6.45, 7) is 4.14. The number of rotatable bonds is 3. The summed E-state index contributed by atoms with van der Waals surface area (Å²) in [5, 5.41) is 6.61. The fourth-order valence-electron chi connectivity index (χ4n) is 1.67. The lowest BCUT2D eigenvalue weighted by atomic mass is 10.2. The van der Waals surface area contributed by atoms with E-state index in [-0.39, 0.29) is 0 Å². The summed E-state index contributed by atoms with van der Waals surface area (Å²) in [4.78, 5) is 7.16. The standard InChI is InChI=1S/C11H14N2S2/c1-7-11(15-8(2)13-7)10(12-3)9-5-4-6-14-9/h4-6,10,12H,1-3H3. The molecule has 0 fully saturated rings. The number of nitrogens with zero attached hydrogens (tertiary/aromatic N) is 1. The molecule has 0 aliphatic heterocycles. The van der Waals surface area contributed by atoms with E-state index in [1.54, 1.807) is 22.7 Å². The van der Waals surface area contributed by atoms with E-state index < -0.39 is 0 Å². The van der Waals surface area contributed by atoms with Crippen LogP contribution in [0.2, 0.25) is 0 Å². The quantitative estimate of drug-likeness (QED) is 0.888. The van der Waals surface area contributed by atoms with Crippen LogP contribution in [0.1, 0.15) is 26.5 Å². The van der Waals surface area contributed by atoms with Crippen LogP contribution in [0.5, 0.6) is 0 Å². The highest BCUT2D eigenvalue weighted by molar-refractivity contribution is 7.12. The third-order valence-electron chi connectivity index (χ3n) is 2.32. The molecule has 15 heavy (non-hydrogen) atoms. The van der Waals surface area contributed by atoms with Crippen LogP contribution in [0.3, 0.4) is 0 Å². The SMILES string of the molecule is CNC(c1cccs1)c1sc(C)nc1C. The van der Waals surface area contributed by atoms with Gasteiger partial charge in [0.25, 0.3) is 0 Å². The summed E-state index contributed by atoms with van der Waals surface area (Å²) in [6.07, 6.45) is 0. The van der Waals surface area contributed by atoms with Crippen LogP contribution >= 0.6 is 22.7 Å². The van der Waals surface area contributed by atoms with Crippen molar-refractivity contribution in [2.45, 2.75) is 19.9 Å². The molecule has 0 aromatic carbocycles. The Labute approximate surface area is 98.0 Å². The monoisotopic (exact) mass is 238 g/mol. The fourth-order valence-corrected chi connectivity index (χ4v) is 3.65. The molecular weight excluding hydrogens is 224 g/mol. The first kappa shape index (κ1) is 10.8. The van der Waals surface area contributed by atoms with E-state index in [4.69, 9.17) is 0 Å². The lowest BCUT2D eigenvalue weighted by Gasteiger charge is -2.12. The van der Waals surface area contributed by atoms with Gasteiger partial charge in [-0.3, -0.25) is 0 Å². The van der Waals surface area contributed by atoms with Crippen molar-refractivity contribution in [2.24, 2.45) is 0 Å². The fraction of sp³-hybridized carbons (Fsp3) is 0.364. The molecule has 1 atom stereocenters. The average Bonchev–Trinajstić information content (AvgIpc) is 2.79. The van der Waals surface area contributed by atoms with Crippen molar-refractivity contribution in [1.29, 1.82) is 0 Å².